The van der Waals surface area contributed by atoms with Gasteiger partial charge in [0.05, 0.1) is 44.8 Å². The van der Waals surface area contributed by atoms with Crippen LogP contribution in [-0.4, -0.2) is 60.9 Å². The summed E-state index contributed by atoms with van der Waals surface area (Å²) >= 11 is 0. The Hall–Kier alpha value is -5.84. The maximum absolute atomic E-state index is 12.6. The van der Waals surface area contributed by atoms with Gasteiger partial charge in [0, 0.05) is 58.1 Å². The van der Waals surface area contributed by atoms with E-state index in [0.717, 1.165) is 33.4 Å². The Kier molecular flexibility index (Phi) is 9.76. The molecule has 0 radical (unpaired) electrons. The summed E-state index contributed by atoms with van der Waals surface area (Å²) < 4.78 is 23.9. The fourth-order valence-corrected chi connectivity index (χ4v) is 9.89. The van der Waals surface area contributed by atoms with Crippen LogP contribution >= 0.6 is 0 Å². The molecule has 0 aromatic heterocycles. The van der Waals surface area contributed by atoms with Crippen LogP contribution in [0.3, 0.4) is 0 Å². The van der Waals surface area contributed by atoms with E-state index < -0.39 is 0 Å². The third-order valence-corrected chi connectivity index (χ3v) is 12.1. The molecular weight excluding hydrogens is 733 g/mol. The van der Waals surface area contributed by atoms with Gasteiger partial charge in [-0.1, -0.05) is 12.1 Å². The van der Waals surface area contributed by atoms with E-state index >= 15 is 0 Å². The lowest BCUT2D eigenvalue weighted by Crippen LogP contribution is -2.36. The number of nitrogens with one attached hydrogen (secondary N) is 2. The zero-order valence-electron chi connectivity index (χ0n) is 34.8. The second-order valence-electron chi connectivity index (χ2n) is 16.1. The van der Waals surface area contributed by atoms with E-state index in [-0.39, 0.29) is 58.3 Å². The second kappa shape index (κ2) is 14.5. The van der Waals surface area contributed by atoms with Gasteiger partial charge in [0.15, 0.2) is 0 Å². The minimum atomic E-state index is -0.130. The smallest absolute Gasteiger partial charge is 0.135 e. The third-order valence-electron chi connectivity index (χ3n) is 12.1. The highest BCUT2D eigenvalue weighted by atomic mass is 16.5. The van der Waals surface area contributed by atoms with Crippen molar-refractivity contribution in [2.45, 2.75) is 78.6 Å². The number of aryl methyl sites for hydroxylation is 2. The number of phenolic OH excluding ortho intramolecular Hbond substituents is 4. The molecule has 2 aliphatic heterocycles. The van der Waals surface area contributed by atoms with Gasteiger partial charge in [-0.15, -0.1) is 0 Å². The number of phenols is 4. The van der Waals surface area contributed by atoms with Gasteiger partial charge in [0.2, 0.25) is 0 Å². The molecule has 0 spiro atoms. The van der Waals surface area contributed by atoms with Gasteiger partial charge in [-0.25, -0.2) is 0 Å². The lowest BCUT2D eigenvalue weighted by atomic mass is 9.81. The quantitative estimate of drug-likeness (QED) is 0.0927. The molecule has 0 saturated heterocycles. The molecule has 6 aromatic rings. The Morgan fingerprint density at radius 1 is 0.517 bits per heavy atom. The maximum Gasteiger partial charge on any atom is 0.135 e. The van der Waals surface area contributed by atoms with E-state index in [0.29, 0.717) is 79.6 Å². The second-order valence-corrected chi connectivity index (χ2v) is 16.1. The van der Waals surface area contributed by atoms with Crippen molar-refractivity contribution in [2.75, 3.05) is 28.4 Å². The molecule has 0 bridgehead atoms. The van der Waals surface area contributed by atoms with E-state index in [1.807, 2.05) is 50.2 Å². The minimum absolute atomic E-state index is 0.0247. The van der Waals surface area contributed by atoms with Crippen LogP contribution in [0, 0.1) is 13.8 Å². The average molecular weight is 785 g/mol. The van der Waals surface area contributed by atoms with Gasteiger partial charge in [-0.2, -0.15) is 0 Å². The number of benzene rings is 6. The molecular formula is C48H52N2O8. The Morgan fingerprint density at radius 2 is 1.00 bits per heavy atom. The van der Waals surface area contributed by atoms with E-state index in [2.05, 4.69) is 38.3 Å². The van der Waals surface area contributed by atoms with Crippen molar-refractivity contribution < 1.29 is 39.4 Å². The third kappa shape index (κ3) is 6.00. The number of methoxy groups -OCH3 is 4. The number of fused-ring (bicyclic) bond motifs is 4. The fraction of sp³-hybridized carbons (Fsp3) is 0.333. The molecule has 6 aromatic carbocycles. The first-order valence-corrected chi connectivity index (χ1v) is 19.8. The van der Waals surface area contributed by atoms with Crippen molar-refractivity contribution in [2.24, 2.45) is 0 Å². The molecule has 0 saturated carbocycles. The Labute approximate surface area is 339 Å². The zero-order chi connectivity index (χ0) is 41.5. The van der Waals surface area contributed by atoms with Gasteiger partial charge in [0.1, 0.15) is 46.0 Å². The Balaban J connectivity index is 1.54. The van der Waals surface area contributed by atoms with Crippen molar-refractivity contribution >= 4 is 21.5 Å². The summed E-state index contributed by atoms with van der Waals surface area (Å²) in [4.78, 5) is 0. The molecule has 10 heteroatoms. The molecule has 4 atom stereocenters. The topological polar surface area (TPSA) is 142 Å². The molecule has 0 fully saturated rings. The van der Waals surface area contributed by atoms with Gasteiger partial charge in [0.25, 0.3) is 0 Å². The molecule has 302 valence electrons. The Morgan fingerprint density at radius 3 is 1.52 bits per heavy atom. The molecule has 0 aliphatic carbocycles. The summed E-state index contributed by atoms with van der Waals surface area (Å²) in [5, 5.41) is 58.4. The lowest BCUT2D eigenvalue weighted by molar-refractivity contribution is 0.376. The minimum Gasteiger partial charge on any atom is -0.507 e. The predicted octanol–water partition coefficient (Wildman–Crippen LogP) is 9.66. The largest absolute Gasteiger partial charge is 0.507 e. The number of hydrogen-bond donors (Lipinski definition) is 6. The molecule has 8 rings (SSSR count). The SMILES string of the molecule is COc1cc(O)c(-c2cc(-c3cc(-c4c(O)cc5c(c4OC)[C@H](C)N[C@H](C)C5)c4cc(C)cc(OC)c4c3O)c(O)c3c(OC)cc(C)cc23)c2c1[C@@H](C)N[C@H](C)C2. The monoisotopic (exact) mass is 784 g/mol. The van der Waals surface area contributed by atoms with Crippen LogP contribution in [0.4, 0.5) is 0 Å². The van der Waals surface area contributed by atoms with E-state index in [4.69, 9.17) is 18.9 Å². The number of ether oxygens (including phenoxy) is 4. The van der Waals surface area contributed by atoms with E-state index in [1.54, 1.807) is 40.6 Å². The van der Waals surface area contributed by atoms with Gasteiger partial charge in [-0.05, 0) is 129 Å². The first-order chi connectivity index (χ1) is 27.7. The first-order valence-electron chi connectivity index (χ1n) is 19.8. The van der Waals surface area contributed by atoms with Crippen molar-refractivity contribution in [3.8, 4) is 79.4 Å². The highest BCUT2D eigenvalue weighted by molar-refractivity contribution is 6.14. The van der Waals surface area contributed by atoms with Crippen molar-refractivity contribution in [1.82, 2.24) is 10.6 Å². The first kappa shape index (κ1) is 39.0. The van der Waals surface area contributed by atoms with Crippen molar-refractivity contribution in [1.29, 1.82) is 0 Å². The molecule has 2 heterocycles. The van der Waals surface area contributed by atoms with Crippen LogP contribution < -0.4 is 29.6 Å². The maximum atomic E-state index is 12.6. The standard InChI is InChI=1S/C48H52N2O8/c1-21-11-28-30(42-34-16-24(4)50-26(6)41(34)39(57-9)20-36(42)52)18-32(46(53)44(28)37(13-21)55-7)33-19-31(29-12-22(2)14-38(56-8)45(29)47(33)54)43-35(51)17-27-15-23(3)49-25(5)40(27)48(43)58-10/h11-14,17-20,23-26,49-54H,15-16H2,1-10H3/t23-,24-,25+,26-/m1/s1. The van der Waals surface area contributed by atoms with Crippen molar-refractivity contribution in [3.05, 3.63) is 81.9 Å². The number of hydrogen-bond acceptors (Lipinski definition) is 10. The zero-order valence-corrected chi connectivity index (χ0v) is 34.8. The average Bonchev–Trinajstić information content (AvgIpc) is 3.17. The lowest BCUT2D eigenvalue weighted by Gasteiger charge is -2.33. The van der Waals surface area contributed by atoms with Gasteiger partial charge in [-0.3, -0.25) is 0 Å². The summed E-state index contributed by atoms with van der Waals surface area (Å²) in [6.45, 7) is 12.3. The Bertz CT molecular complexity index is 2670. The summed E-state index contributed by atoms with van der Waals surface area (Å²) in [6, 6.07) is 14.9. The molecule has 0 unspecified atom stereocenters. The number of rotatable bonds is 7. The van der Waals surface area contributed by atoms with Crippen LogP contribution in [-0.2, 0) is 12.8 Å². The molecule has 6 N–H and O–H groups in total. The highest BCUT2D eigenvalue weighted by Crippen LogP contribution is 2.56. The summed E-state index contributed by atoms with van der Waals surface area (Å²) in [5.41, 5.74) is 8.42. The van der Waals surface area contributed by atoms with Gasteiger partial charge < -0.3 is 50.0 Å². The number of aromatic hydroxyl groups is 4. The summed E-state index contributed by atoms with van der Waals surface area (Å²) in [5.74, 6) is 1.75. The van der Waals surface area contributed by atoms with Crippen LogP contribution in [0.5, 0.6) is 46.0 Å². The summed E-state index contributed by atoms with van der Waals surface area (Å²) in [6.07, 6.45) is 1.31. The predicted molar refractivity (Wildman–Crippen MR) is 230 cm³/mol. The van der Waals surface area contributed by atoms with Crippen LogP contribution in [0.1, 0.15) is 73.2 Å². The fourth-order valence-electron chi connectivity index (χ4n) is 9.89. The van der Waals surface area contributed by atoms with Crippen LogP contribution in [0.15, 0.2) is 48.5 Å². The highest BCUT2D eigenvalue weighted by Gasteiger charge is 2.34. The molecule has 58 heavy (non-hydrogen) atoms. The van der Waals surface area contributed by atoms with Crippen molar-refractivity contribution in [3.63, 3.8) is 0 Å². The molecule has 10 nitrogen and oxygen atoms in total. The summed E-state index contributed by atoms with van der Waals surface area (Å²) in [7, 11) is 6.32. The van der Waals surface area contributed by atoms with Gasteiger partial charge >= 0.3 is 0 Å². The van der Waals surface area contributed by atoms with Crippen LogP contribution in [0.25, 0.3) is 54.9 Å². The van der Waals surface area contributed by atoms with Crippen LogP contribution in [0.2, 0.25) is 0 Å². The van der Waals surface area contributed by atoms with E-state index in [1.165, 1.54) is 0 Å². The van der Waals surface area contributed by atoms with E-state index in [9.17, 15) is 20.4 Å². The molecule has 2 aliphatic rings. The normalized spacial score (nSPS) is 18.9. The molecule has 0 amide bonds.